The van der Waals surface area contributed by atoms with Gasteiger partial charge in [-0.15, -0.1) is 0 Å². The van der Waals surface area contributed by atoms with E-state index >= 15 is 0 Å². The normalized spacial score (nSPS) is 25.4. The molecule has 1 aromatic carbocycles. The fourth-order valence-corrected chi connectivity index (χ4v) is 4.67. The first-order chi connectivity index (χ1) is 9.29. The van der Waals surface area contributed by atoms with Gasteiger partial charge in [0.25, 0.3) is 0 Å². The molecule has 0 amide bonds. The minimum atomic E-state index is -3.02. The minimum absolute atomic E-state index is 0.0153. The largest absolute Gasteiger partial charge is 0.388 e. The Hall–Kier alpha value is -0.390. The first-order valence-corrected chi connectivity index (χ1v) is 9.67. The molecular formula is C15H21BrO3S. The third-order valence-electron chi connectivity index (χ3n) is 4.19. The lowest BCUT2D eigenvalue weighted by Crippen LogP contribution is -2.30. The van der Waals surface area contributed by atoms with E-state index in [2.05, 4.69) is 15.9 Å². The first kappa shape index (κ1) is 16.0. The van der Waals surface area contributed by atoms with Crippen LogP contribution in [0.2, 0.25) is 0 Å². The Morgan fingerprint density at radius 2 is 2.05 bits per heavy atom. The summed E-state index contributed by atoms with van der Waals surface area (Å²) in [6, 6.07) is 5.89. The number of sulfone groups is 1. The zero-order chi connectivity index (χ0) is 14.9. The summed E-state index contributed by atoms with van der Waals surface area (Å²) in [6.45, 7) is 1.99. The summed E-state index contributed by atoms with van der Waals surface area (Å²) in [5.74, 6) is 0.0153. The lowest BCUT2D eigenvalue weighted by Gasteiger charge is -2.32. The van der Waals surface area contributed by atoms with Gasteiger partial charge in [-0.1, -0.05) is 40.0 Å². The molecule has 2 rings (SSSR count). The first-order valence-electron chi connectivity index (χ1n) is 6.92. The second-order valence-corrected chi connectivity index (χ2v) is 9.03. The van der Waals surface area contributed by atoms with Crippen LogP contribution in [-0.4, -0.2) is 25.0 Å². The molecule has 1 aliphatic carbocycles. The summed E-state index contributed by atoms with van der Waals surface area (Å²) in [5, 5.41) is 10.3. The quantitative estimate of drug-likeness (QED) is 0.898. The summed E-state index contributed by atoms with van der Waals surface area (Å²) in [6.07, 6.45) is 3.72. The number of hydrogen-bond acceptors (Lipinski definition) is 3. The zero-order valence-corrected chi connectivity index (χ0v) is 14.2. The van der Waals surface area contributed by atoms with Crippen LogP contribution in [-0.2, 0) is 9.84 Å². The van der Waals surface area contributed by atoms with Gasteiger partial charge in [-0.25, -0.2) is 8.42 Å². The molecule has 3 atom stereocenters. The average Bonchev–Trinajstić information content (AvgIpc) is 2.40. The van der Waals surface area contributed by atoms with Crippen LogP contribution in [0.3, 0.4) is 0 Å². The van der Waals surface area contributed by atoms with Gasteiger partial charge >= 0.3 is 0 Å². The number of rotatable bonds is 3. The van der Waals surface area contributed by atoms with E-state index in [1.165, 1.54) is 6.26 Å². The summed E-state index contributed by atoms with van der Waals surface area (Å²) in [7, 11) is -3.02. The highest BCUT2D eigenvalue weighted by Gasteiger charge is 2.33. The monoisotopic (exact) mass is 360 g/mol. The summed E-state index contributed by atoms with van der Waals surface area (Å²) < 4.78 is 24.3. The highest BCUT2D eigenvalue weighted by Crippen LogP contribution is 2.39. The van der Waals surface area contributed by atoms with Crippen LogP contribution in [0.5, 0.6) is 0 Å². The van der Waals surface area contributed by atoms with Crippen molar-refractivity contribution in [3.05, 3.63) is 33.8 Å². The van der Waals surface area contributed by atoms with Crippen molar-refractivity contribution in [3.8, 4) is 0 Å². The van der Waals surface area contributed by atoms with Gasteiger partial charge in [-0.2, -0.15) is 0 Å². The Kier molecular flexibility index (Phi) is 4.92. The SMILES string of the molecule is Cc1ccc(Br)c(C(O)C2CCCC(S(C)(=O)=O)C2)c1. The Bertz CT molecular complexity index is 583. The molecule has 5 heteroatoms. The second-order valence-electron chi connectivity index (χ2n) is 5.85. The van der Waals surface area contributed by atoms with Crippen molar-refractivity contribution in [1.82, 2.24) is 0 Å². The third-order valence-corrected chi connectivity index (χ3v) is 6.55. The third kappa shape index (κ3) is 3.62. The summed E-state index contributed by atoms with van der Waals surface area (Å²) in [5.41, 5.74) is 1.96. The van der Waals surface area contributed by atoms with Gasteiger partial charge in [-0.05, 0) is 43.7 Å². The molecule has 1 fully saturated rings. The average molecular weight is 361 g/mol. The molecule has 0 aliphatic heterocycles. The van der Waals surface area contributed by atoms with Crippen LogP contribution in [0.1, 0.15) is 42.9 Å². The Labute approximate surface area is 129 Å². The molecule has 1 N–H and O–H groups in total. The molecule has 112 valence electrons. The van der Waals surface area contributed by atoms with Crippen molar-refractivity contribution in [2.24, 2.45) is 5.92 Å². The highest BCUT2D eigenvalue weighted by atomic mass is 79.9. The number of halogens is 1. The van der Waals surface area contributed by atoms with Crippen LogP contribution >= 0.6 is 15.9 Å². The van der Waals surface area contributed by atoms with Crippen molar-refractivity contribution in [2.75, 3.05) is 6.26 Å². The lowest BCUT2D eigenvalue weighted by molar-refractivity contribution is 0.0850. The fraction of sp³-hybridized carbons (Fsp3) is 0.600. The summed E-state index contributed by atoms with van der Waals surface area (Å²) >= 11 is 3.47. The molecule has 20 heavy (non-hydrogen) atoms. The van der Waals surface area contributed by atoms with Gasteiger partial charge in [0.1, 0.15) is 9.84 Å². The van der Waals surface area contributed by atoms with Gasteiger partial charge in [0.2, 0.25) is 0 Å². The Morgan fingerprint density at radius 3 is 2.70 bits per heavy atom. The van der Waals surface area contributed by atoms with E-state index in [1.807, 2.05) is 25.1 Å². The molecule has 1 aliphatic rings. The predicted molar refractivity (Wildman–Crippen MR) is 84.4 cm³/mol. The smallest absolute Gasteiger partial charge is 0.150 e. The van der Waals surface area contributed by atoms with E-state index < -0.39 is 15.9 Å². The van der Waals surface area contributed by atoms with E-state index in [0.29, 0.717) is 6.42 Å². The highest BCUT2D eigenvalue weighted by molar-refractivity contribution is 9.10. The molecule has 0 bridgehead atoms. The van der Waals surface area contributed by atoms with Crippen molar-refractivity contribution < 1.29 is 13.5 Å². The Balaban J connectivity index is 2.20. The number of aliphatic hydroxyl groups is 1. The predicted octanol–water partition coefficient (Wildman–Crippen LogP) is 3.39. The van der Waals surface area contributed by atoms with Gasteiger partial charge in [0, 0.05) is 10.7 Å². The number of benzene rings is 1. The second kappa shape index (κ2) is 6.16. The van der Waals surface area contributed by atoms with Gasteiger partial charge in [-0.3, -0.25) is 0 Å². The summed E-state index contributed by atoms with van der Waals surface area (Å²) in [4.78, 5) is 0. The van der Waals surface area contributed by atoms with Crippen LogP contribution < -0.4 is 0 Å². The number of aliphatic hydroxyl groups excluding tert-OH is 1. The van der Waals surface area contributed by atoms with Gasteiger partial charge in [0.05, 0.1) is 11.4 Å². The maximum Gasteiger partial charge on any atom is 0.150 e. The topological polar surface area (TPSA) is 54.4 Å². The van der Waals surface area contributed by atoms with Crippen molar-refractivity contribution in [2.45, 2.75) is 44.0 Å². The van der Waals surface area contributed by atoms with E-state index in [4.69, 9.17) is 0 Å². The zero-order valence-electron chi connectivity index (χ0n) is 11.8. The van der Waals surface area contributed by atoms with Crippen LogP contribution in [0.15, 0.2) is 22.7 Å². The van der Waals surface area contributed by atoms with E-state index in [0.717, 1.165) is 34.9 Å². The Morgan fingerprint density at radius 1 is 1.35 bits per heavy atom. The molecule has 3 nitrogen and oxygen atoms in total. The molecule has 0 saturated heterocycles. The van der Waals surface area contributed by atoms with Crippen molar-refractivity contribution in [3.63, 3.8) is 0 Å². The minimum Gasteiger partial charge on any atom is -0.388 e. The molecule has 0 spiro atoms. The molecule has 1 aromatic rings. The number of aryl methyl sites for hydroxylation is 1. The van der Waals surface area contributed by atoms with Crippen molar-refractivity contribution >= 4 is 25.8 Å². The van der Waals surface area contributed by atoms with Gasteiger partial charge < -0.3 is 5.11 Å². The fourth-order valence-electron chi connectivity index (χ4n) is 3.00. The molecular weight excluding hydrogens is 340 g/mol. The maximum absolute atomic E-state index is 11.7. The van der Waals surface area contributed by atoms with E-state index in [-0.39, 0.29) is 11.2 Å². The van der Waals surface area contributed by atoms with Crippen LogP contribution in [0.4, 0.5) is 0 Å². The van der Waals surface area contributed by atoms with Crippen LogP contribution in [0, 0.1) is 12.8 Å². The molecule has 1 saturated carbocycles. The van der Waals surface area contributed by atoms with E-state index in [9.17, 15) is 13.5 Å². The van der Waals surface area contributed by atoms with Crippen LogP contribution in [0.25, 0.3) is 0 Å². The van der Waals surface area contributed by atoms with E-state index in [1.54, 1.807) is 0 Å². The maximum atomic E-state index is 11.7. The molecule has 0 aromatic heterocycles. The molecule has 0 heterocycles. The van der Waals surface area contributed by atoms with Gasteiger partial charge in [0.15, 0.2) is 0 Å². The standard InChI is InChI=1S/C15H21BrO3S/c1-10-6-7-14(16)13(8-10)15(17)11-4-3-5-12(9-11)20(2,18)19/h6-8,11-12,15,17H,3-5,9H2,1-2H3. The lowest BCUT2D eigenvalue weighted by atomic mass is 9.82. The van der Waals surface area contributed by atoms with Crippen molar-refractivity contribution in [1.29, 1.82) is 0 Å². The molecule has 0 radical (unpaired) electrons. The molecule has 3 unspecified atom stereocenters. The number of hydrogen-bond donors (Lipinski definition) is 1.